The van der Waals surface area contributed by atoms with Crippen LogP contribution in [0, 0.1) is 0 Å². The van der Waals surface area contributed by atoms with E-state index in [4.69, 9.17) is 5.73 Å². The van der Waals surface area contributed by atoms with Crippen LogP contribution in [-0.4, -0.2) is 42.1 Å². The third-order valence-corrected chi connectivity index (χ3v) is 3.15. The summed E-state index contributed by atoms with van der Waals surface area (Å²) in [7, 11) is 0. The predicted octanol–water partition coefficient (Wildman–Crippen LogP) is 1.19. The maximum atomic E-state index is 5.74. The van der Waals surface area contributed by atoms with Gasteiger partial charge in [-0.1, -0.05) is 0 Å². The normalized spacial score (nSPS) is 18.1. The molecule has 2 heterocycles. The van der Waals surface area contributed by atoms with E-state index in [0.717, 1.165) is 37.6 Å². The Labute approximate surface area is 97.1 Å². The quantitative estimate of drug-likeness (QED) is 0.813. The van der Waals surface area contributed by atoms with E-state index in [1.807, 2.05) is 12.3 Å². The van der Waals surface area contributed by atoms with E-state index in [1.54, 1.807) is 6.20 Å². The lowest BCUT2D eigenvalue weighted by Crippen LogP contribution is -2.48. The maximum absolute atomic E-state index is 5.74. The van der Waals surface area contributed by atoms with E-state index >= 15 is 0 Å². The van der Waals surface area contributed by atoms with Gasteiger partial charge in [0.1, 0.15) is 0 Å². The minimum Gasteiger partial charge on any atom is -0.397 e. The van der Waals surface area contributed by atoms with Crippen LogP contribution in [0.25, 0.3) is 0 Å². The smallest absolute Gasteiger partial charge is 0.0574 e. The highest BCUT2D eigenvalue weighted by molar-refractivity contribution is 5.53. The Hall–Kier alpha value is -1.29. The fourth-order valence-corrected chi connectivity index (χ4v) is 2.11. The summed E-state index contributed by atoms with van der Waals surface area (Å²) in [6.45, 7) is 8.85. The van der Waals surface area contributed by atoms with E-state index in [-0.39, 0.29) is 0 Å². The van der Waals surface area contributed by atoms with Crippen molar-refractivity contribution in [3.8, 4) is 0 Å². The van der Waals surface area contributed by atoms with Crippen molar-refractivity contribution in [2.45, 2.75) is 19.9 Å². The highest BCUT2D eigenvalue weighted by Crippen LogP contribution is 2.18. The van der Waals surface area contributed by atoms with Gasteiger partial charge < -0.3 is 10.6 Å². The Morgan fingerprint density at radius 1 is 1.19 bits per heavy atom. The SMILES string of the molecule is CC(C)N1CCN(c2cncc(N)c2)CC1. The molecule has 0 saturated carbocycles. The third kappa shape index (κ3) is 2.44. The van der Waals surface area contributed by atoms with Crippen LogP contribution in [-0.2, 0) is 0 Å². The molecule has 1 aromatic rings. The Morgan fingerprint density at radius 3 is 2.44 bits per heavy atom. The molecule has 0 aromatic carbocycles. The Morgan fingerprint density at radius 2 is 1.88 bits per heavy atom. The van der Waals surface area contributed by atoms with Crippen molar-refractivity contribution < 1.29 is 0 Å². The first kappa shape index (κ1) is 11.2. The second-order valence-corrected chi connectivity index (χ2v) is 4.59. The third-order valence-electron chi connectivity index (χ3n) is 3.15. The van der Waals surface area contributed by atoms with E-state index in [0.29, 0.717) is 6.04 Å². The first-order valence-corrected chi connectivity index (χ1v) is 5.86. The van der Waals surface area contributed by atoms with E-state index in [2.05, 4.69) is 28.6 Å². The number of aromatic nitrogens is 1. The number of anilines is 2. The Balaban J connectivity index is 1.99. The summed E-state index contributed by atoms with van der Waals surface area (Å²) in [4.78, 5) is 8.98. The van der Waals surface area contributed by atoms with E-state index < -0.39 is 0 Å². The molecule has 16 heavy (non-hydrogen) atoms. The summed E-state index contributed by atoms with van der Waals surface area (Å²) in [5.74, 6) is 0. The first-order valence-electron chi connectivity index (χ1n) is 5.86. The molecule has 4 heteroatoms. The zero-order chi connectivity index (χ0) is 11.5. The number of pyridine rings is 1. The van der Waals surface area contributed by atoms with Crippen molar-refractivity contribution in [2.75, 3.05) is 36.8 Å². The number of rotatable bonds is 2. The maximum Gasteiger partial charge on any atom is 0.0574 e. The van der Waals surface area contributed by atoms with Gasteiger partial charge in [0.2, 0.25) is 0 Å². The van der Waals surface area contributed by atoms with Crippen molar-refractivity contribution in [2.24, 2.45) is 0 Å². The van der Waals surface area contributed by atoms with Crippen LogP contribution in [0.1, 0.15) is 13.8 Å². The monoisotopic (exact) mass is 220 g/mol. The number of nitrogens with two attached hydrogens (primary N) is 1. The molecule has 0 radical (unpaired) electrons. The molecule has 2 rings (SSSR count). The molecule has 0 amide bonds. The lowest BCUT2D eigenvalue weighted by molar-refractivity contribution is 0.209. The summed E-state index contributed by atoms with van der Waals surface area (Å²) < 4.78 is 0. The fourth-order valence-electron chi connectivity index (χ4n) is 2.11. The molecule has 0 aliphatic carbocycles. The van der Waals surface area contributed by atoms with Gasteiger partial charge in [0, 0.05) is 38.4 Å². The molecule has 0 bridgehead atoms. The fraction of sp³-hybridized carbons (Fsp3) is 0.583. The van der Waals surface area contributed by atoms with Gasteiger partial charge in [-0.25, -0.2) is 0 Å². The van der Waals surface area contributed by atoms with Gasteiger partial charge in [-0.3, -0.25) is 9.88 Å². The molecule has 2 N–H and O–H groups in total. The van der Waals surface area contributed by atoms with Crippen LogP contribution in [0.3, 0.4) is 0 Å². The molecule has 1 aromatic heterocycles. The zero-order valence-corrected chi connectivity index (χ0v) is 10.1. The summed E-state index contributed by atoms with van der Waals surface area (Å²) in [5, 5.41) is 0. The lowest BCUT2D eigenvalue weighted by atomic mass is 10.2. The molecule has 0 atom stereocenters. The summed E-state index contributed by atoms with van der Waals surface area (Å²) in [6.07, 6.45) is 3.58. The molecule has 0 spiro atoms. The van der Waals surface area contributed by atoms with Crippen LogP contribution in [0.2, 0.25) is 0 Å². The molecule has 1 fully saturated rings. The standard InChI is InChI=1S/C12H20N4/c1-10(2)15-3-5-16(6-4-15)12-7-11(13)8-14-9-12/h7-10H,3-6,13H2,1-2H3. The van der Waals surface area contributed by atoms with Gasteiger partial charge in [-0.05, 0) is 19.9 Å². The Kier molecular flexibility index (Phi) is 3.29. The van der Waals surface area contributed by atoms with Crippen LogP contribution in [0.5, 0.6) is 0 Å². The second kappa shape index (κ2) is 4.70. The molecule has 88 valence electrons. The minimum absolute atomic E-state index is 0.640. The highest BCUT2D eigenvalue weighted by Gasteiger charge is 2.18. The van der Waals surface area contributed by atoms with Gasteiger partial charge >= 0.3 is 0 Å². The average Bonchev–Trinajstić information content (AvgIpc) is 2.29. The van der Waals surface area contributed by atoms with Gasteiger partial charge in [0.25, 0.3) is 0 Å². The van der Waals surface area contributed by atoms with Crippen molar-refractivity contribution in [3.63, 3.8) is 0 Å². The molecule has 1 aliphatic heterocycles. The number of hydrogen-bond acceptors (Lipinski definition) is 4. The zero-order valence-electron chi connectivity index (χ0n) is 10.1. The van der Waals surface area contributed by atoms with Gasteiger partial charge in [-0.15, -0.1) is 0 Å². The summed E-state index contributed by atoms with van der Waals surface area (Å²) >= 11 is 0. The molecule has 1 saturated heterocycles. The molecular formula is C12H20N4. The lowest BCUT2D eigenvalue weighted by Gasteiger charge is -2.38. The molecule has 1 aliphatic rings. The molecule has 0 unspecified atom stereocenters. The number of piperazine rings is 1. The molecular weight excluding hydrogens is 200 g/mol. The van der Waals surface area contributed by atoms with Crippen LogP contribution in [0.4, 0.5) is 11.4 Å². The summed E-state index contributed by atoms with van der Waals surface area (Å²) in [5.41, 5.74) is 7.62. The van der Waals surface area contributed by atoms with Crippen molar-refractivity contribution in [1.82, 2.24) is 9.88 Å². The van der Waals surface area contributed by atoms with Crippen molar-refractivity contribution in [3.05, 3.63) is 18.5 Å². The summed E-state index contributed by atoms with van der Waals surface area (Å²) in [6, 6.07) is 2.64. The van der Waals surface area contributed by atoms with Gasteiger partial charge in [-0.2, -0.15) is 0 Å². The number of hydrogen-bond donors (Lipinski definition) is 1. The second-order valence-electron chi connectivity index (χ2n) is 4.59. The van der Waals surface area contributed by atoms with Crippen LogP contribution in [0.15, 0.2) is 18.5 Å². The topological polar surface area (TPSA) is 45.4 Å². The van der Waals surface area contributed by atoms with Crippen molar-refractivity contribution >= 4 is 11.4 Å². The highest BCUT2D eigenvalue weighted by atomic mass is 15.3. The van der Waals surface area contributed by atoms with E-state index in [9.17, 15) is 0 Å². The average molecular weight is 220 g/mol. The minimum atomic E-state index is 0.640. The van der Waals surface area contributed by atoms with Gasteiger partial charge in [0.05, 0.1) is 17.6 Å². The van der Waals surface area contributed by atoms with Crippen molar-refractivity contribution in [1.29, 1.82) is 0 Å². The number of nitrogen functional groups attached to an aromatic ring is 1. The predicted molar refractivity (Wildman–Crippen MR) is 67.6 cm³/mol. The number of nitrogens with zero attached hydrogens (tertiary/aromatic N) is 3. The van der Waals surface area contributed by atoms with Crippen LogP contribution < -0.4 is 10.6 Å². The van der Waals surface area contributed by atoms with Gasteiger partial charge in [0.15, 0.2) is 0 Å². The Bertz CT molecular complexity index is 343. The molecule has 4 nitrogen and oxygen atoms in total. The largest absolute Gasteiger partial charge is 0.397 e. The van der Waals surface area contributed by atoms with E-state index in [1.165, 1.54) is 0 Å². The first-order chi connectivity index (χ1) is 7.66. The van der Waals surface area contributed by atoms with Crippen LogP contribution >= 0.6 is 0 Å².